The van der Waals surface area contributed by atoms with Crippen molar-refractivity contribution in [3.8, 4) is 0 Å². The minimum Gasteiger partial charge on any atom is -0.304 e. The van der Waals surface area contributed by atoms with Gasteiger partial charge in [0.2, 0.25) is 0 Å². The highest BCUT2D eigenvalue weighted by molar-refractivity contribution is 5.08. The van der Waals surface area contributed by atoms with Crippen LogP contribution in [0.1, 0.15) is 25.5 Å². The first-order valence-corrected chi connectivity index (χ1v) is 6.41. The fourth-order valence-corrected chi connectivity index (χ4v) is 2.06. The first kappa shape index (κ1) is 12.5. The van der Waals surface area contributed by atoms with Gasteiger partial charge in [0.05, 0.1) is 6.20 Å². The zero-order chi connectivity index (χ0) is 12.3. The quantitative estimate of drug-likeness (QED) is 0.837. The van der Waals surface area contributed by atoms with Crippen molar-refractivity contribution in [1.29, 1.82) is 0 Å². The van der Waals surface area contributed by atoms with Gasteiger partial charge in [-0.3, -0.25) is 4.68 Å². The van der Waals surface area contributed by atoms with Gasteiger partial charge in [0.15, 0.2) is 0 Å². The molecular weight excluding hydrogens is 214 g/mol. The maximum atomic E-state index is 4.31. The lowest BCUT2D eigenvalue weighted by Gasteiger charge is -2.34. The predicted molar refractivity (Wildman–Crippen MR) is 68.5 cm³/mol. The average molecular weight is 237 g/mol. The lowest BCUT2D eigenvalue weighted by Crippen LogP contribution is -2.51. The van der Waals surface area contributed by atoms with E-state index >= 15 is 0 Å². The van der Waals surface area contributed by atoms with E-state index < -0.39 is 0 Å². The Balaban J connectivity index is 1.86. The normalized spacial score (nSPS) is 20.6. The molecule has 0 aliphatic carbocycles. The van der Waals surface area contributed by atoms with Crippen molar-refractivity contribution in [3.63, 3.8) is 0 Å². The first-order valence-electron chi connectivity index (χ1n) is 6.41. The van der Waals surface area contributed by atoms with Crippen molar-refractivity contribution in [1.82, 2.24) is 25.1 Å². The van der Waals surface area contributed by atoms with Crippen LogP contribution in [0.15, 0.2) is 12.4 Å². The molecule has 1 aliphatic rings. The molecule has 1 aromatic heterocycles. The summed E-state index contributed by atoms with van der Waals surface area (Å²) in [5.74, 6) is 0. The Morgan fingerprint density at radius 1 is 1.35 bits per heavy atom. The largest absolute Gasteiger partial charge is 0.304 e. The Kier molecular flexibility index (Phi) is 4.15. The summed E-state index contributed by atoms with van der Waals surface area (Å²) >= 11 is 0. The number of hydrazine groups is 1. The van der Waals surface area contributed by atoms with Crippen LogP contribution in [0.25, 0.3) is 0 Å². The van der Waals surface area contributed by atoms with Crippen LogP contribution in [-0.2, 0) is 6.54 Å². The topological polar surface area (TPSA) is 36.3 Å². The number of nitrogens with one attached hydrogen (secondary N) is 1. The van der Waals surface area contributed by atoms with Crippen LogP contribution in [0.3, 0.4) is 0 Å². The molecule has 1 atom stereocenters. The zero-order valence-corrected chi connectivity index (χ0v) is 11.1. The van der Waals surface area contributed by atoms with Gasteiger partial charge >= 0.3 is 0 Å². The maximum absolute atomic E-state index is 4.31. The molecule has 2 heterocycles. The van der Waals surface area contributed by atoms with Gasteiger partial charge in [0.1, 0.15) is 0 Å². The zero-order valence-electron chi connectivity index (χ0n) is 11.1. The number of likely N-dealkylation sites (N-methyl/N-ethyl adjacent to an activating group) is 1. The molecule has 0 spiro atoms. The van der Waals surface area contributed by atoms with Gasteiger partial charge in [-0.15, -0.1) is 0 Å². The number of rotatable bonds is 4. The summed E-state index contributed by atoms with van der Waals surface area (Å²) in [5, 5.41) is 6.62. The summed E-state index contributed by atoms with van der Waals surface area (Å²) in [7, 11) is 2.17. The van der Waals surface area contributed by atoms with E-state index in [4.69, 9.17) is 0 Å². The van der Waals surface area contributed by atoms with E-state index in [0.29, 0.717) is 6.04 Å². The third-order valence-corrected chi connectivity index (χ3v) is 3.36. The van der Waals surface area contributed by atoms with Crippen molar-refractivity contribution in [3.05, 3.63) is 18.0 Å². The van der Waals surface area contributed by atoms with Gasteiger partial charge in [-0.1, -0.05) is 0 Å². The molecule has 0 saturated carbocycles. The van der Waals surface area contributed by atoms with Crippen molar-refractivity contribution < 1.29 is 0 Å². The second-order valence-electron chi connectivity index (χ2n) is 4.77. The van der Waals surface area contributed by atoms with E-state index in [1.807, 2.05) is 10.9 Å². The highest BCUT2D eigenvalue weighted by Crippen LogP contribution is 2.12. The van der Waals surface area contributed by atoms with Crippen LogP contribution >= 0.6 is 0 Å². The molecule has 1 unspecified atom stereocenters. The second kappa shape index (κ2) is 5.62. The lowest BCUT2D eigenvalue weighted by atomic mass is 10.2. The van der Waals surface area contributed by atoms with E-state index in [1.54, 1.807) is 0 Å². The van der Waals surface area contributed by atoms with E-state index in [9.17, 15) is 0 Å². The molecule has 1 saturated heterocycles. The number of aromatic nitrogens is 2. The van der Waals surface area contributed by atoms with Crippen molar-refractivity contribution in [2.24, 2.45) is 0 Å². The third-order valence-electron chi connectivity index (χ3n) is 3.36. The molecule has 1 N–H and O–H groups in total. The second-order valence-corrected chi connectivity index (χ2v) is 4.77. The van der Waals surface area contributed by atoms with E-state index in [0.717, 1.165) is 32.7 Å². The average Bonchev–Trinajstić information content (AvgIpc) is 2.81. The molecule has 0 amide bonds. The summed E-state index contributed by atoms with van der Waals surface area (Å²) in [6.07, 6.45) is 4.07. The Labute approximate surface area is 103 Å². The van der Waals surface area contributed by atoms with Crippen LogP contribution in [0.2, 0.25) is 0 Å². The molecule has 5 nitrogen and oxygen atoms in total. The van der Waals surface area contributed by atoms with E-state index in [1.165, 1.54) is 5.56 Å². The van der Waals surface area contributed by atoms with Crippen LogP contribution in [0.5, 0.6) is 0 Å². The number of piperazine rings is 1. The van der Waals surface area contributed by atoms with Crippen LogP contribution < -0.4 is 5.43 Å². The number of aryl methyl sites for hydroxylation is 1. The molecule has 96 valence electrons. The molecular formula is C12H23N5. The Morgan fingerprint density at radius 3 is 2.65 bits per heavy atom. The van der Waals surface area contributed by atoms with Crippen LogP contribution in [-0.4, -0.2) is 52.9 Å². The number of hydrogen-bond acceptors (Lipinski definition) is 4. The smallest absolute Gasteiger partial charge is 0.0538 e. The van der Waals surface area contributed by atoms with Crippen LogP contribution in [0.4, 0.5) is 0 Å². The molecule has 1 aliphatic heterocycles. The van der Waals surface area contributed by atoms with Crippen molar-refractivity contribution >= 4 is 0 Å². The molecule has 1 aromatic rings. The monoisotopic (exact) mass is 237 g/mol. The fourth-order valence-electron chi connectivity index (χ4n) is 2.06. The van der Waals surface area contributed by atoms with Crippen molar-refractivity contribution in [2.75, 3.05) is 33.2 Å². The summed E-state index contributed by atoms with van der Waals surface area (Å²) < 4.78 is 1.97. The van der Waals surface area contributed by atoms with Gasteiger partial charge in [0.25, 0.3) is 0 Å². The summed E-state index contributed by atoms with van der Waals surface area (Å²) in [6, 6.07) is 0.332. The molecule has 1 fully saturated rings. The van der Waals surface area contributed by atoms with Gasteiger partial charge < -0.3 is 4.90 Å². The molecule has 0 bridgehead atoms. The number of hydrogen-bond donors (Lipinski definition) is 1. The van der Waals surface area contributed by atoms with E-state index in [2.05, 4.69) is 47.5 Å². The van der Waals surface area contributed by atoms with Crippen LogP contribution in [0, 0.1) is 0 Å². The Bertz CT molecular complexity index is 340. The first-order chi connectivity index (χ1) is 8.19. The summed E-state index contributed by atoms with van der Waals surface area (Å²) in [4.78, 5) is 2.36. The Hall–Kier alpha value is -0.910. The van der Waals surface area contributed by atoms with Gasteiger partial charge in [-0.05, 0) is 20.9 Å². The van der Waals surface area contributed by atoms with Gasteiger partial charge in [-0.2, -0.15) is 5.10 Å². The van der Waals surface area contributed by atoms with Gasteiger partial charge in [-0.25, -0.2) is 10.4 Å². The molecule has 17 heavy (non-hydrogen) atoms. The molecule has 0 radical (unpaired) electrons. The summed E-state index contributed by atoms with van der Waals surface area (Å²) in [5.41, 5.74) is 4.80. The minimum absolute atomic E-state index is 0.332. The fraction of sp³-hybridized carbons (Fsp3) is 0.750. The number of nitrogens with zero attached hydrogens (tertiary/aromatic N) is 4. The highest BCUT2D eigenvalue weighted by Gasteiger charge is 2.16. The molecule has 5 heteroatoms. The molecule has 0 aromatic carbocycles. The molecule has 2 rings (SSSR count). The van der Waals surface area contributed by atoms with Gasteiger partial charge in [0, 0.05) is 50.5 Å². The standard InChI is InChI=1S/C12H23N5/c1-4-16-10-12(9-13-16)11(2)14-17-7-5-15(3)6-8-17/h9-11,14H,4-8H2,1-3H3. The van der Waals surface area contributed by atoms with E-state index in [-0.39, 0.29) is 0 Å². The maximum Gasteiger partial charge on any atom is 0.0538 e. The highest BCUT2D eigenvalue weighted by atomic mass is 15.5. The lowest BCUT2D eigenvalue weighted by molar-refractivity contribution is 0.0899. The predicted octanol–water partition coefficient (Wildman–Crippen LogP) is 0.716. The minimum atomic E-state index is 0.332. The Morgan fingerprint density at radius 2 is 2.06 bits per heavy atom. The van der Waals surface area contributed by atoms with Crippen molar-refractivity contribution in [2.45, 2.75) is 26.4 Å². The summed E-state index contributed by atoms with van der Waals surface area (Å²) in [6.45, 7) is 9.67. The SMILES string of the molecule is CCn1cc(C(C)NN2CCN(C)CC2)cn1. The third kappa shape index (κ3) is 3.28.